The molecule has 2 saturated carbocycles. The summed E-state index contributed by atoms with van der Waals surface area (Å²) in [5.41, 5.74) is -2.18. The van der Waals surface area contributed by atoms with Crippen molar-refractivity contribution in [1.82, 2.24) is 0 Å². The minimum atomic E-state index is -1.53. The first-order valence-corrected chi connectivity index (χ1v) is 13.9. The van der Waals surface area contributed by atoms with E-state index < -0.39 is 58.0 Å². The third-order valence-electron chi connectivity index (χ3n) is 11.0. The zero-order valence-electron chi connectivity index (χ0n) is 23.4. The van der Waals surface area contributed by atoms with Crippen molar-refractivity contribution in [1.29, 1.82) is 0 Å². The lowest BCUT2D eigenvalue weighted by atomic mass is 9.42. The molecule has 1 saturated heterocycles. The molecule has 3 fully saturated rings. The number of ketones is 1. The summed E-state index contributed by atoms with van der Waals surface area (Å²) in [5, 5.41) is 35.6. The maximum atomic E-state index is 14.1. The molecule has 1 unspecified atom stereocenters. The number of carbonyl (C=O) groups is 2. The van der Waals surface area contributed by atoms with Crippen LogP contribution in [0.5, 0.6) is 0 Å². The Bertz CT molecular complexity index is 1160. The fraction of sp³-hybridized carbons (Fsp3) is 0.677. The van der Waals surface area contributed by atoms with E-state index in [4.69, 9.17) is 9.47 Å². The molecule has 0 amide bonds. The first-order valence-electron chi connectivity index (χ1n) is 13.9. The van der Waals surface area contributed by atoms with Gasteiger partial charge in [0.15, 0.2) is 5.78 Å². The third kappa shape index (κ3) is 3.69. The van der Waals surface area contributed by atoms with E-state index in [1.54, 1.807) is 13.8 Å². The van der Waals surface area contributed by atoms with Gasteiger partial charge in [0.25, 0.3) is 0 Å². The van der Waals surface area contributed by atoms with Crippen molar-refractivity contribution >= 4 is 11.8 Å². The van der Waals surface area contributed by atoms with Gasteiger partial charge in [-0.25, -0.2) is 0 Å². The number of hydrogen-bond donors (Lipinski definition) is 3. The van der Waals surface area contributed by atoms with E-state index in [9.17, 15) is 24.9 Å². The van der Waals surface area contributed by atoms with Gasteiger partial charge in [-0.1, -0.05) is 51.1 Å². The van der Waals surface area contributed by atoms with Gasteiger partial charge < -0.3 is 24.8 Å². The number of ether oxygens (including phenoxy) is 2. The minimum Gasteiger partial charge on any atom is -0.458 e. The molecule has 3 N–H and O–H groups in total. The van der Waals surface area contributed by atoms with Crippen LogP contribution in [0, 0.1) is 28.6 Å². The molecule has 1 aromatic rings. The van der Waals surface area contributed by atoms with Crippen molar-refractivity contribution in [3.8, 4) is 0 Å². The molecule has 4 aliphatic rings. The van der Waals surface area contributed by atoms with Crippen molar-refractivity contribution in [2.45, 2.75) is 96.7 Å². The molecule has 1 aliphatic heterocycles. The van der Waals surface area contributed by atoms with Gasteiger partial charge in [-0.3, -0.25) is 9.59 Å². The van der Waals surface area contributed by atoms with Gasteiger partial charge in [-0.2, -0.15) is 0 Å². The Hall–Kier alpha value is -2.06. The average molecular weight is 527 g/mol. The summed E-state index contributed by atoms with van der Waals surface area (Å²) < 4.78 is 11.9. The highest BCUT2D eigenvalue weighted by atomic mass is 16.5. The summed E-state index contributed by atoms with van der Waals surface area (Å²) in [6.45, 7) is 11.6. The molecule has 38 heavy (non-hydrogen) atoms. The molecule has 7 heteroatoms. The van der Waals surface area contributed by atoms with Crippen molar-refractivity contribution in [2.75, 3.05) is 6.61 Å². The maximum Gasteiger partial charge on any atom is 0.306 e. The van der Waals surface area contributed by atoms with Crippen LogP contribution < -0.4 is 0 Å². The highest BCUT2D eigenvalue weighted by Gasteiger charge is 2.71. The number of benzene rings is 1. The molecule has 5 rings (SSSR count). The predicted octanol–water partition coefficient (Wildman–Crippen LogP) is 3.38. The zero-order chi connectivity index (χ0) is 27.8. The third-order valence-corrected chi connectivity index (χ3v) is 11.0. The van der Waals surface area contributed by atoms with E-state index in [-0.39, 0.29) is 24.7 Å². The second-order valence-electron chi connectivity index (χ2n) is 13.1. The van der Waals surface area contributed by atoms with Gasteiger partial charge in [-0.15, -0.1) is 0 Å². The number of Topliss-reactive ketones (excluding diaryl/α,β-unsaturated/α-hetero) is 1. The van der Waals surface area contributed by atoms with E-state index in [1.165, 1.54) is 0 Å². The molecule has 0 spiro atoms. The summed E-state index contributed by atoms with van der Waals surface area (Å²) in [4.78, 5) is 27.1. The molecule has 208 valence electrons. The molecule has 0 aromatic heterocycles. The van der Waals surface area contributed by atoms with Crippen LogP contribution in [0.2, 0.25) is 0 Å². The molecule has 1 heterocycles. The van der Waals surface area contributed by atoms with Crippen molar-refractivity contribution in [3.05, 3.63) is 47.0 Å². The van der Waals surface area contributed by atoms with Gasteiger partial charge >= 0.3 is 5.97 Å². The topological polar surface area (TPSA) is 113 Å². The van der Waals surface area contributed by atoms with Crippen LogP contribution in [0.1, 0.15) is 66.4 Å². The first-order chi connectivity index (χ1) is 17.7. The number of aryl methyl sites for hydroxylation is 1. The van der Waals surface area contributed by atoms with Crippen LogP contribution in [-0.4, -0.2) is 63.2 Å². The van der Waals surface area contributed by atoms with Crippen LogP contribution in [0.15, 0.2) is 41.5 Å². The smallest absolute Gasteiger partial charge is 0.306 e. The summed E-state index contributed by atoms with van der Waals surface area (Å²) in [7, 11) is 0. The summed E-state index contributed by atoms with van der Waals surface area (Å²) >= 11 is 0. The second kappa shape index (κ2) is 8.98. The Morgan fingerprint density at radius 2 is 1.76 bits per heavy atom. The Morgan fingerprint density at radius 3 is 2.37 bits per heavy atom. The summed E-state index contributed by atoms with van der Waals surface area (Å²) in [6.07, 6.45) is -2.13. The van der Waals surface area contributed by atoms with Gasteiger partial charge in [0.2, 0.25) is 0 Å². The number of carbonyl (C=O) groups excluding carboxylic acids is 2. The zero-order valence-corrected chi connectivity index (χ0v) is 23.4. The average Bonchev–Trinajstić information content (AvgIpc) is 2.86. The predicted molar refractivity (Wildman–Crippen MR) is 141 cm³/mol. The molecular weight excluding hydrogens is 484 g/mol. The molecule has 7 nitrogen and oxygen atoms in total. The molecule has 0 radical (unpaired) electrons. The van der Waals surface area contributed by atoms with Crippen molar-refractivity contribution < 1.29 is 34.4 Å². The quantitative estimate of drug-likeness (QED) is 0.407. The van der Waals surface area contributed by atoms with E-state index in [0.717, 1.165) is 5.56 Å². The van der Waals surface area contributed by atoms with Crippen LogP contribution in [0.4, 0.5) is 0 Å². The standard InChI is InChI=1S/C31H42O7/c1-17-21(38-23(33)13-12-19-10-8-7-9-11-19)14-31(36)18(2)25-20-16-37-29(20,5)15-22(32)30(25,6)27(35)26(34)24(17)28(31,3)4/h7-11,18,20-22,25-26,32,34,36H,12-16H2,1-6H3/t18-,20?,21-,22-,25+,26+,29+,30+,31+/m0/s1. The molecule has 9 atom stereocenters. The van der Waals surface area contributed by atoms with E-state index in [2.05, 4.69) is 0 Å². The van der Waals surface area contributed by atoms with Crippen molar-refractivity contribution in [3.63, 3.8) is 0 Å². The summed E-state index contributed by atoms with van der Waals surface area (Å²) in [6, 6.07) is 9.70. The minimum absolute atomic E-state index is 0.0534. The molecule has 3 aliphatic carbocycles. The highest BCUT2D eigenvalue weighted by Crippen LogP contribution is 2.65. The SMILES string of the molecule is CC1=C2[C@@H](O)C(=O)[C@]3(C)[C@@H](O)C[C@@]4(C)OCC4[C@H]3[C@H](C)[C@](O)(C[C@@H]1OC(=O)CCc1ccccc1)C2(C)C. The van der Waals surface area contributed by atoms with Crippen LogP contribution >= 0.6 is 0 Å². The van der Waals surface area contributed by atoms with Crippen LogP contribution in [0.25, 0.3) is 0 Å². The Kier molecular flexibility index (Phi) is 6.50. The lowest BCUT2D eigenvalue weighted by Gasteiger charge is -2.67. The number of esters is 1. The van der Waals surface area contributed by atoms with E-state index in [0.29, 0.717) is 30.6 Å². The molecular formula is C31H42O7. The van der Waals surface area contributed by atoms with Gasteiger partial charge in [0.05, 0.1) is 29.3 Å². The maximum absolute atomic E-state index is 14.1. The number of aliphatic hydroxyl groups is 3. The fourth-order valence-electron chi connectivity index (χ4n) is 8.45. The van der Waals surface area contributed by atoms with Crippen molar-refractivity contribution in [2.24, 2.45) is 28.6 Å². The van der Waals surface area contributed by atoms with E-state index >= 15 is 0 Å². The molecule has 1 aromatic carbocycles. The van der Waals surface area contributed by atoms with Gasteiger partial charge in [0, 0.05) is 30.6 Å². The number of fused-ring (bicyclic) bond motifs is 5. The summed E-state index contributed by atoms with van der Waals surface area (Å²) in [5.74, 6) is -1.75. The van der Waals surface area contributed by atoms with Gasteiger partial charge in [0.1, 0.15) is 12.2 Å². The number of aliphatic hydroxyl groups excluding tert-OH is 2. The monoisotopic (exact) mass is 526 g/mol. The van der Waals surface area contributed by atoms with Crippen LogP contribution in [-0.2, 0) is 25.5 Å². The lowest BCUT2D eigenvalue weighted by Crippen LogP contribution is -2.74. The number of hydrogen-bond acceptors (Lipinski definition) is 7. The Labute approximate surface area is 225 Å². The second-order valence-corrected chi connectivity index (χ2v) is 13.1. The van der Waals surface area contributed by atoms with E-state index in [1.807, 2.05) is 58.0 Å². The molecule has 2 bridgehead atoms. The van der Waals surface area contributed by atoms with Gasteiger partial charge in [-0.05, 0) is 55.7 Å². The fourth-order valence-corrected chi connectivity index (χ4v) is 8.45. The number of rotatable bonds is 4. The largest absolute Gasteiger partial charge is 0.458 e. The Morgan fingerprint density at radius 1 is 1.11 bits per heavy atom. The Balaban J connectivity index is 1.54. The normalized spacial score (nSPS) is 43.8. The first kappa shape index (κ1) is 27.5. The highest BCUT2D eigenvalue weighted by molar-refractivity contribution is 5.93. The lowest BCUT2D eigenvalue weighted by molar-refractivity contribution is -0.300. The van der Waals surface area contributed by atoms with Crippen LogP contribution in [0.3, 0.4) is 0 Å².